The van der Waals surface area contributed by atoms with Crippen LogP contribution >= 0.6 is 0 Å². The zero-order chi connectivity index (χ0) is 15.0. The van der Waals surface area contributed by atoms with E-state index >= 15 is 0 Å². The van der Waals surface area contributed by atoms with Gasteiger partial charge in [-0.3, -0.25) is 4.99 Å². The maximum atomic E-state index is 11.9. The van der Waals surface area contributed by atoms with E-state index < -0.39 is 12.8 Å². The van der Waals surface area contributed by atoms with E-state index in [1.807, 2.05) is 0 Å². The molecule has 118 valence electrons. The van der Waals surface area contributed by atoms with E-state index in [0.29, 0.717) is 18.9 Å². The van der Waals surface area contributed by atoms with E-state index in [0.717, 1.165) is 25.5 Å². The minimum absolute atomic E-state index is 0.0971. The number of alkyl halides is 3. The fourth-order valence-electron chi connectivity index (χ4n) is 2.28. The van der Waals surface area contributed by atoms with Crippen molar-refractivity contribution in [3.8, 4) is 0 Å². The molecule has 1 rings (SSSR count). The third kappa shape index (κ3) is 6.98. The molecule has 4 nitrogen and oxygen atoms in total. The first-order valence-corrected chi connectivity index (χ1v) is 7.02. The summed E-state index contributed by atoms with van der Waals surface area (Å²) in [4.78, 5) is 6.41. The number of piperidine rings is 1. The predicted octanol–water partition coefficient (Wildman–Crippen LogP) is 2.26. The van der Waals surface area contributed by atoms with Crippen molar-refractivity contribution in [3.05, 3.63) is 0 Å². The summed E-state index contributed by atoms with van der Waals surface area (Å²) in [5.41, 5.74) is 0. The third-order valence-corrected chi connectivity index (χ3v) is 3.18. The maximum absolute atomic E-state index is 11.9. The molecule has 1 heterocycles. The Morgan fingerprint density at radius 2 is 2.20 bits per heavy atom. The predicted molar refractivity (Wildman–Crippen MR) is 72.8 cm³/mol. The van der Waals surface area contributed by atoms with Crippen molar-refractivity contribution in [2.45, 2.75) is 32.4 Å². The lowest BCUT2D eigenvalue weighted by atomic mass is 10.0. The minimum Gasteiger partial charge on any atom is -0.372 e. The first-order chi connectivity index (χ1) is 9.42. The van der Waals surface area contributed by atoms with E-state index in [9.17, 15) is 13.2 Å². The molecule has 0 aliphatic carbocycles. The van der Waals surface area contributed by atoms with Crippen LogP contribution in [0.4, 0.5) is 13.2 Å². The highest BCUT2D eigenvalue weighted by molar-refractivity contribution is 5.79. The van der Waals surface area contributed by atoms with E-state index in [1.165, 1.54) is 6.42 Å². The fraction of sp³-hybridized carbons (Fsp3) is 0.923. The highest BCUT2D eigenvalue weighted by Crippen LogP contribution is 2.15. The molecule has 1 N–H and O–H groups in total. The molecule has 0 aromatic carbocycles. The highest BCUT2D eigenvalue weighted by atomic mass is 19.4. The van der Waals surface area contributed by atoms with Crippen LogP contribution in [0.3, 0.4) is 0 Å². The van der Waals surface area contributed by atoms with Gasteiger partial charge in [0.15, 0.2) is 5.96 Å². The summed E-state index contributed by atoms with van der Waals surface area (Å²) in [6.45, 7) is 3.66. The fourth-order valence-corrected chi connectivity index (χ4v) is 2.28. The van der Waals surface area contributed by atoms with Crippen molar-refractivity contribution in [2.75, 3.05) is 39.9 Å². The molecule has 0 aromatic heterocycles. The van der Waals surface area contributed by atoms with Crippen molar-refractivity contribution >= 4 is 5.96 Å². The molecule has 7 heteroatoms. The number of nitrogens with one attached hydrogen (secondary N) is 1. The first kappa shape index (κ1) is 17.1. The van der Waals surface area contributed by atoms with Crippen LogP contribution in [0, 0.1) is 5.92 Å². The number of guanidine groups is 1. The monoisotopic (exact) mass is 295 g/mol. The van der Waals surface area contributed by atoms with Gasteiger partial charge >= 0.3 is 6.18 Å². The highest BCUT2D eigenvalue weighted by Gasteiger charge is 2.27. The van der Waals surface area contributed by atoms with Gasteiger partial charge in [0.25, 0.3) is 0 Å². The third-order valence-electron chi connectivity index (χ3n) is 3.18. The lowest BCUT2D eigenvalue weighted by Crippen LogP contribution is -2.46. The summed E-state index contributed by atoms with van der Waals surface area (Å²) in [6, 6.07) is 0. The molecule has 1 fully saturated rings. The molecule has 0 radical (unpaired) electrons. The number of likely N-dealkylation sites (tertiary alicyclic amines) is 1. The van der Waals surface area contributed by atoms with Crippen LogP contribution < -0.4 is 5.32 Å². The molecular weight excluding hydrogens is 271 g/mol. The van der Waals surface area contributed by atoms with Crippen LogP contribution in [0.15, 0.2) is 4.99 Å². The SMILES string of the molecule is CN=C(NCCCOCC(F)(F)F)N1CCCC(C)C1. The second kappa shape index (κ2) is 8.34. The summed E-state index contributed by atoms with van der Waals surface area (Å²) in [5, 5.41) is 3.17. The van der Waals surface area contributed by atoms with Gasteiger partial charge in [-0.2, -0.15) is 13.2 Å². The largest absolute Gasteiger partial charge is 0.411 e. The molecule has 0 bridgehead atoms. The van der Waals surface area contributed by atoms with Crippen LogP contribution in [-0.2, 0) is 4.74 Å². The van der Waals surface area contributed by atoms with Crippen molar-refractivity contribution < 1.29 is 17.9 Å². The molecule has 0 saturated carbocycles. The normalized spacial score (nSPS) is 21.1. The molecule has 1 aliphatic heterocycles. The second-order valence-electron chi connectivity index (χ2n) is 5.19. The number of ether oxygens (including phenoxy) is 1. The molecule has 1 unspecified atom stereocenters. The Labute approximate surface area is 118 Å². The minimum atomic E-state index is -4.24. The van der Waals surface area contributed by atoms with E-state index in [4.69, 9.17) is 0 Å². The maximum Gasteiger partial charge on any atom is 0.411 e. The van der Waals surface area contributed by atoms with E-state index in [-0.39, 0.29) is 6.61 Å². The van der Waals surface area contributed by atoms with Crippen molar-refractivity contribution in [1.82, 2.24) is 10.2 Å². The van der Waals surface area contributed by atoms with Gasteiger partial charge in [0.2, 0.25) is 0 Å². The number of aliphatic imine (C=N–C) groups is 1. The van der Waals surface area contributed by atoms with Crippen LogP contribution in [0.5, 0.6) is 0 Å². The standard InChI is InChI=1S/C13H24F3N3O/c1-11-5-3-7-19(9-11)12(17-2)18-6-4-8-20-10-13(14,15)16/h11H,3-10H2,1-2H3,(H,17,18). The Kier molecular flexibility index (Phi) is 7.12. The smallest absolute Gasteiger partial charge is 0.372 e. The molecule has 0 spiro atoms. The molecule has 1 saturated heterocycles. The van der Waals surface area contributed by atoms with Crippen LogP contribution in [-0.4, -0.2) is 56.9 Å². The Balaban J connectivity index is 2.16. The topological polar surface area (TPSA) is 36.9 Å². The summed E-state index contributed by atoms with van der Waals surface area (Å²) in [5.74, 6) is 1.48. The number of hydrogen-bond donors (Lipinski definition) is 1. The van der Waals surface area contributed by atoms with Crippen molar-refractivity contribution in [1.29, 1.82) is 0 Å². The average molecular weight is 295 g/mol. The number of hydrogen-bond acceptors (Lipinski definition) is 2. The molecular formula is C13H24F3N3O. The van der Waals surface area contributed by atoms with Crippen molar-refractivity contribution in [2.24, 2.45) is 10.9 Å². The van der Waals surface area contributed by atoms with Crippen LogP contribution in [0.1, 0.15) is 26.2 Å². The molecule has 1 atom stereocenters. The van der Waals surface area contributed by atoms with Crippen molar-refractivity contribution in [3.63, 3.8) is 0 Å². The molecule has 0 aromatic rings. The quantitative estimate of drug-likeness (QED) is 0.480. The Bertz CT molecular complexity index is 308. The molecule has 0 amide bonds. The van der Waals surface area contributed by atoms with Gasteiger partial charge in [0.1, 0.15) is 6.61 Å². The average Bonchev–Trinajstić information content (AvgIpc) is 2.36. The summed E-state index contributed by atoms with van der Waals surface area (Å²) < 4.78 is 40.1. The van der Waals surface area contributed by atoms with Gasteiger partial charge < -0.3 is 15.0 Å². The Morgan fingerprint density at radius 3 is 2.80 bits per heavy atom. The number of rotatable bonds is 5. The zero-order valence-corrected chi connectivity index (χ0v) is 12.2. The van der Waals surface area contributed by atoms with Gasteiger partial charge in [0.05, 0.1) is 0 Å². The number of halogens is 3. The van der Waals surface area contributed by atoms with Gasteiger partial charge in [0, 0.05) is 33.3 Å². The van der Waals surface area contributed by atoms with E-state index in [2.05, 4.69) is 26.9 Å². The first-order valence-electron chi connectivity index (χ1n) is 7.02. The van der Waals surface area contributed by atoms with Crippen LogP contribution in [0.25, 0.3) is 0 Å². The summed E-state index contributed by atoms with van der Waals surface area (Å²) >= 11 is 0. The van der Waals surface area contributed by atoms with Gasteiger partial charge in [-0.25, -0.2) is 0 Å². The number of nitrogens with zero attached hydrogens (tertiary/aromatic N) is 2. The lowest BCUT2D eigenvalue weighted by Gasteiger charge is -2.33. The lowest BCUT2D eigenvalue weighted by molar-refractivity contribution is -0.173. The molecule has 20 heavy (non-hydrogen) atoms. The Morgan fingerprint density at radius 1 is 1.45 bits per heavy atom. The summed E-state index contributed by atoms with van der Waals surface area (Å²) in [7, 11) is 1.72. The van der Waals surface area contributed by atoms with Gasteiger partial charge in [-0.05, 0) is 25.2 Å². The van der Waals surface area contributed by atoms with Gasteiger partial charge in [-0.15, -0.1) is 0 Å². The van der Waals surface area contributed by atoms with Gasteiger partial charge in [-0.1, -0.05) is 6.92 Å². The van der Waals surface area contributed by atoms with Crippen LogP contribution in [0.2, 0.25) is 0 Å². The summed E-state index contributed by atoms with van der Waals surface area (Å²) in [6.07, 6.45) is -1.33. The second-order valence-corrected chi connectivity index (χ2v) is 5.19. The zero-order valence-electron chi connectivity index (χ0n) is 12.2. The van der Waals surface area contributed by atoms with E-state index in [1.54, 1.807) is 7.05 Å². The Hall–Kier alpha value is -0.980. The molecule has 1 aliphatic rings.